The first kappa shape index (κ1) is 13.6. The Bertz CT molecular complexity index is 555. The van der Waals surface area contributed by atoms with Crippen LogP contribution in [0.5, 0.6) is 0 Å². The van der Waals surface area contributed by atoms with Crippen LogP contribution in [-0.2, 0) is 33.4 Å². The Morgan fingerprint density at radius 2 is 1.89 bits per heavy atom. The molecule has 1 N–H and O–H groups in total. The summed E-state index contributed by atoms with van der Waals surface area (Å²) in [7, 11) is 3.07. The molecule has 2 aromatic rings. The number of nitrogens with one attached hydrogen (secondary N) is 1. The molecule has 0 fully saturated rings. The van der Waals surface area contributed by atoms with Crippen LogP contribution in [0.4, 0.5) is 13.2 Å². The van der Waals surface area contributed by atoms with E-state index in [1.54, 1.807) is 24.0 Å². The van der Waals surface area contributed by atoms with Gasteiger partial charge >= 0.3 is 6.18 Å². The molecule has 0 saturated heterocycles. The summed E-state index contributed by atoms with van der Waals surface area (Å²) in [4.78, 5) is 0. The Hall–Kier alpha value is -1.83. The normalized spacial score (nSPS) is 12.1. The molecule has 5 nitrogen and oxygen atoms in total. The molecule has 2 rings (SSSR count). The number of nitrogens with zero attached hydrogens (tertiary/aromatic N) is 4. The first-order valence-corrected chi connectivity index (χ1v) is 5.65. The summed E-state index contributed by atoms with van der Waals surface area (Å²) in [6.07, 6.45) is -1.52. The van der Waals surface area contributed by atoms with Gasteiger partial charge in [0.2, 0.25) is 0 Å². The van der Waals surface area contributed by atoms with Crippen molar-refractivity contribution in [2.45, 2.75) is 19.3 Å². The Morgan fingerprint density at radius 1 is 1.16 bits per heavy atom. The number of aryl methyl sites for hydroxylation is 2. The number of rotatable bonds is 4. The molecule has 0 spiro atoms. The zero-order chi connectivity index (χ0) is 14.0. The van der Waals surface area contributed by atoms with Crippen LogP contribution in [0.2, 0.25) is 0 Å². The molecule has 104 valence electrons. The van der Waals surface area contributed by atoms with Gasteiger partial charge in [0, 0.05) is 38.9 Å². The minimum absolute atomic E-state index is 0.105. The predicted molar refractivity (Wildman–Crippen MR) is 62.0 cm³/mol. The molecule has 0 aliphatic carbocycles. The topological polar surface area (TPSA) is 47.7 Å². The van der Waals surface area contributed by atoms with Crippen molar-refractivity contribution in [2.75, 3.05) is 0 Å². The van der Waals surface area contributed by atoms with Crippen molar-refractivity contribution < 1.29 is 13.2 Å². The molecule has 0 aliphatic heterocycles. The van der Waals surface area contributed by atoms with E-state index in [0.717, 1.165) is 10.4 Å². The lowest BCUT2D eigenvalue weighted by Gasteiger charge is -2.10. The van der Waals surface area contributed by atoms with E-state index < -0.39 is 11.9 Å². The van der Waals surface area contributed by atoms with Crippen LogP contribution in [0.3, 0.4) is 0 Å². The van der Waals surface area contributed by atoms with Gasteiger partial charge in [0.1, 0.15) is 5.69 Å². The van der Waals surface area contributed by atoms with Crippen LogP contribution in [0.15, 0.2) is 18.5 Å². The van der Waals surface area contributed by atoms with Crippen molar-refractivity contribution in [1.29, 1.82) is 0 Å². The first-order valence-electron chi connectivity index (χ1n) is 5.65. The van der Waals surface area contributed by atoms with Gasteiger partial charge in [-0.2, -0.15) is 23.4 Å². The molecule has 0 aliphatic rings. The lowest BCUT2D eigenvalue weighted by molar-refractivity contribution is -0.144. The minimum atomic E-state index is -4.39. The second-order valence-electron chi connectivity index (χ2n) is 4.19. The maximum atomic E-state index is 12.8. The van der Waals surface area contributed by atoms with E-state index in [2.05, 4.69) is 15.5 Å². The fourth-order valence-electron chi connectivity index (χ4n) is 1.88. The third-order valence-electron chi connectivity index (χ3n) is 2.83. The van der Waals surface area contributed by atoms with Crippen molar-refractivity contribution >= 4 is 0 Å². The van der Waals surface area contributed by atoms with Gasteiger partial charge in [0.05, 0.1) is 11.9 Å². The Morgan fingerprint density at radius 3 is 2.47 bits per heavy atom. The van der Waals surface area contributed by atoms with E-state index in [1.165, 1.54) is 13.2 Å². The van der Waals surface area contributed by atoms with Gasteiger partial charge in [-0.1, -0.05) is 0 Å². The van der Waals surface area contributed by atoms with Gasteiger partial charge in [0.25, 0.3) is 0 Å². The summed E-state index contributed by atoms with van der Waals surface area (Å²) in [5.41, 5.74) is 0.319. The van der Waals surface area contributed by atoms with Crippen molar-refractivity contribution in [3.8, 4) is 0 Å². The standard InChI is InChI=1S/C11H14F3N5/c1-18-9(3-4-16-18)7-15-5-8-6-17-19(2)10(8)11(12,13)14/h3-4,6,15H,5,7H2,1-2H3. The Kier molecular flexibility index (Phi) is 3.61. The number of hydrogen-bond donors (Lipinski definition) is 1. The van der Waals surface area contributed by atoms with E-state index in [-0.39, 0.29) is 12.1 Å². The summed E-state index contributed by atoms with van der Waals surface area (Å²) in [6.45, 7) is 0.552. The molecule has 0 radical (unpaired) electrons. The van der Waals surface area contributed by atoms with Crippen LogP contribution in [0.25, 0.3) is 0 Å². The molecule has 0 aromatic carbocycles. The van der Waals surface area contributed by atoms with Crippen molar-refractivity contribution in [3.05, 3.63) is 35.4 Å². The average Bonchev–Trinajstić information content (AvgIpc) is 2.85. The minimum Gasteiger partial charge on any atom is -0.307 e. The molecule has 0 unspecified atom stereocenters. The van der Waals surface area contributed by atoms with Gasteiger partial charge in [-0.25, -0.2) is 0 Å². The number of alkyl halides is 3. The van der Waals surface area contributed by atoms with Gasteiger partial charge in [-0.05, 0) is 6.07 Å². The SMILES string of the molecule is Cn1nccc1CNCc1cnn(C)c1C(F)(F)F. The highest BCUT2D eigenvalue weighted by Gasteiger charge is 2.36. The summed E-state index contributed by atoms with van der Waals surface area (Å²) in [5.74, 6) is 0. The molecule has 0 bridgehead atoms. The number of aromatic nitrogens is 4. The van der Waals surface area contributed by atoms with Gasteiger partial charge in [-0.3, -0.25) is 9.36 Å². The molecule has 0 saturated carbocycles. The highest BCUT2D eigenvalue weighted by molar-refractivity contribution is 5.20. The van der Waals surface area contributed by atoms with E-state index in [1.807, 2.05) is 0 Å². The lowest BCUT2D eigenvalue weighted by Crippen LogP contribution is -2.19. The zero-order valence-corrected chi connectivity index (χ0v) is 10.6. The second-order valence-corrected chi connectivity index (χ2v) is 4.19. The maximum Gasteiger partial charge on any atom is 0.433 e. The highest BCUT2D eigenvalue weighted by atomic mass is 19.4. The summed E-state index contributed by atoms with van der Waals surface area (Å²) in [5, 5.41) is 10.6. The average molecular weight is 273 g/mol. The van der Waals surface area contributed by atoms with E-state index >= 15 is 0 Å². The Balaban J connectivity index is 2.03. The zero-order valence-electron chi connectivity index (χ0n) is 10.6. The van der Waals surface area contributed by atoms with Gasteiger partial charge in [-0.15, -0.1) is 0 Å². The maximum absolute atomic E-state index is 12.8. The molecule has 19 heavy (non-hydrogen) atoms. The Labute approximate surface area is 108 Å². The van der Waals surface area contributed by atoms with Crippen LogP contribution in [0.1, 0.15) is 17.0 Å². The third kappa shape index (κ3) is 2.95. The third-order valence-corrected chi connectivity index (χ3v) is 2.83. The van der Waals surface area contributed by atoms with Gasteiger partial charge < -0.3 is 5.32 Å². The molecule has 2 heterocycles. The number of halogens is 3. The monoisotopic (exact) mass is 273 g/mol. The molecule has 0 amide bonds. The summed E-state index contributed by atoms with van der Waals surface area (Å²) in [6, 6.07) is 1.81. The van der Waals surface area contributed by atoms with Crippen molar-refractivity contribution in [1.82, 2.24) is 24.9 Å². The van der Waals surface area contributed by atoms with Crippen molar-refractivity contribution in [3.63, 3.8) is 0 Å². The number of hydrogen-bond acceptors (Lipinski definition) is 3. The molecule has 8 heteroatoms. The molecule has 2 aromatic heterocycles. The van der Waals surface area contributed by atoms with Crippen LogP contribution >= 0.6 is 0 Å². The van der Waals surface area contributed by atoms with Crippen LogP contribution in [0, 0.1) is 0 Å². The highest BCUT2D eigenvalue weighted by Crippen LogP contribution is 2.31. The fourth-order valence-corrected chi connectivity index (χ4v) is 1.88. The smallest absolute Gasteiger partial charge is 0.307 e. The predicted octanol–water partition coefficient (Wildman–Crippen LogP) is 1.46. The van der Waals surface area contributed by atoms with Crippen LogP contribution < -0.4 is 5.32 Å². The van der Waals surface area contributed by atoms with E-state index in [0.29, 0.717) is 6.54 Å². The van der Waals surface area contributed by atoms with Gasteiger partial charge in [0.15, 0.2) is 0 Å². The summed E-state index contributed by atoms with van der Waals surface area (Å²) < 4.78 is 40.9. The quantitative estimate of drug-likeness (QED) is 0.917. The van der Waals surface area contributed by atoms with Crippen LogP contribution in [-0.4, -0.2) is 19.6 Å². The largest absolute Gasteiger partial charge is 0.433 e. The second kappa shape index (κ2) is 5.04. The fraction of sp³-hybridized carbons (Fsp3) is 0.455. The first-order chi connectivity index (χ1) is 8.89. The summed E-state index contributed by atoms with van der Waals surface area (Å²) >= 11 is 0. The van der Waals surface area contributed by atoms with Crippen molar-refractivity contribution in [2.24, 2.45) is 14.1 Å². The lowest BCUT2D eigenvalue weighted by atomic mass is 10.2. The molecular weight excluding hydrogens is 259 g/mol. The molecular formula is C11H14F3N5. The van der Waals surface area contributed by atoms with E-state index in [4.69, 9.17) is 0 Å². The van der Waals surface area contributed by atoms with E-state index in [9.17, 15) is 13.2 Å². The molecule has 0 atom stereocenters.